The lowest BCUT2D eigenvalue weighted by Gasteiger charge is -2.15. The van der Waals surface area contributed by atoms with Crippen LogP contribution in [0.1, 0.15) is 5.56 Å². The Labute approximate surface area is 105 Å². The zero-order chi connectivity index (χ0) is 13.4. The molecule has 6 heteroatoms. The molecular weight excluding hydrogens is 234 g/mol. The average Bonchev–Trinajstić information content (AvgIpc) is 2.36. The van der Waals surface area contributed by atoms with Gasteiger partial charge in [0.1, 0.15) is 6.04 Å². The maximum Gasteiger partial charge on any atom is 0.326 e. The number of rotatable bonds is 6. The fourth-order valence-electron chi connectivity index (χ4n) is 1.44. The molecule has 0 bridgehead atoms. The lowest BCUT2D eigenvalue weighted by Crippen LogP contribution is -2.48. The Morgan fingerprint density at radius 2 is 1.94 bits per heavy atom. The molecule has 0 spiro atoms. The second kappa shape index (κ2) is 7.29. The summed E-state index contributed by atoms with van der Waals surface area (Å²) in [4.78, 5) is 22.4. The molecule has 1 atom stereocenters. The molecule has 5 N–H and O–H groups in total. The topological polar surface area (TPSA) is 104 Å². The molecule has 2 amide bonds. The molecule has 1 aromatic carbocycles. The molecule has 0 aliphatic heterocycles. The van der Waals surface area contributed by atoms with Crippen molar-refractivity contribution in [3.63, 3.8) is 0 Å². The Morgan fingerprint density at radius 3 is 2.50 bits per heavy atom. The number of carbonyl (C=O) groups excluding carboxylic acids is 1. The van der Waals surface area contributed by atoms with Gasteiger partial charge in [-0.2, -0.15) is 0 Å². The Morgan fingerprint density at radius 1 is 1.28 bits per heavy atom. The summed E-state index contributed by atoms with van der Waals surface area (Å²) in [7, 11) is 0. The third-order valence-electron chi connectivity index (χ3n) is 2.32. The number of carboxylic acids is 1. The largest absolute Gasteiger partial charge is 0.480 e. The molecule has 0 aromatic heterocycles. The van der Waals surface area contributed by atoms with Crippen molar-refractivity contribution < 1.29 is 14.7 Å². The Balaban J connectivity index is 2.55. The van der Waals surface area contributed by atoms with E-state index in [9.17, 15) is 9.59 Å². The number of nitrogens with one attached hydrogen (secondary N) is 2. The highest BCUT2D eigenvalue weighted by atomic mass is 16.4. The minimum atomic E-state index is -1.07. The van der Waals surface area contributed by atoms with Gasteiger partial charge in [-0.05, 0) is 5.56 Å². The smallest absolute Gasteiger partial charge is 0.326 e. The first-order valence-electron chi connectivity index (χ1n) is 5.64. The summed E-state index contributed by atoms with van der Waals surface area (Å²) >= 11 is 0. The van der Waals surface area contributed by atoms with Crippen LogP contribution < -0.4 is 16.4 Å². The first-order chi connectivity index (χ1) is 8.63. The Hall–Kier alpha value is -2.08. The minimum Gasteiger partial charge on any atom is -0.480 e. The van der Waals surface area contributed by atoms with Gasteiger partial charge in [0.2, 0.25) is 0 Å². The van der Waals surface area contributed by atoms with Gasteiger partial charge in [0, 0.05) is 19.5 Å². The van der Waals surface area contributed by atoms with Crippen LogP contribution in [-0.2, 0) is 11.2 Å². The quantitative estimate of drug-likeness (QED) is 0.568. The fraction of sp³-hybridized carbons (Fsp3) is 0.333. The molecule has 0 unspecified atom stereocenters. The predicted octanol–water partition coefficient (Wildman–Crippen LogP) is -0.0598. The van der Waals surface area contributed by atoms with E-state index in [1.54, 1.807) is 0 Å². The Bertz CT molecular complexity index is 395. The molecule has 1 rings (SSSR count). The van der Waals surface area contributed by atoms with Gasteiger partial charge < -0.3 is 21.5 Å². The van der Waals surface area contributed by atoms with Crippen molar-refractivity contribution in [2.75, 3.05) is 13.1 Å². The summed E-state index contributed by atoms with van der Waals surface area (Å²) in [6.07, 6.45) is 0.242. The molecule has 0 saturated heterocycles. The summed E-state index contributed by atoms with van der Waals surface area (Å²) in [6.45, 7) is 0.618. The molecule has 18 heavy (non-hydrogen) atoms. The van der Waals surface area contributed by atoms with Crippen LogP contribution >= 0.6 is 0 Å². The van der Waals surface area contributed by atoms with Gasteiger partial charge in [-0.15, -0.1) is 0 Å². The van der Waals surface area contributed by atoms with E-state index in [0.717, 1.165) is 5.56 Å². The van der Waals surface area contributed by atoms with E-state index in [0.29, 0.717) is 13.1 Å². The number of nitrogens with two attached hydrogens (primary N) is 1. The maximum absolute atomic E-state index is 11.4. The normalized spacial score (nSPS) is 11.6. The Kier molecular flexibility index (Phi) is 5.66. The van der Waals surface area contributed by atoms with Gasteiger partial charge in [-0.25, -0.2) is 9.59 Å². The number of aliphatic carboxylic acids is 1. The number of urea groups is 1. The van der Waals surface area contributed by atoms with Crippen LogP contribution in [0.3, 0.4) is 0 Å². The van der Waals surface area contributed by atoms with Crippen molar-refractivity contribution in [1.29, 1.82) is 0 Å². The lowest BCUT2D eigenvalue weighted by molar-refractivity contribution is -0.139. The minimum absolute atomic E-state index is 0.242. The van der Waals surface area contributed by atoms with Crippen LogP contribution in [0.5, 0.6) is 0 Å². The third-order valence-corrected chi connectivity index (χ3v) is 2.32. The maximum atomic E-state index is 11.4. The SMILES string of the molecule is NCCNC(=O)N[C@H](Cc1ccccc1)C(=O)O. The molecule has 0 radical (unpaired) electrons. The average molecular weight is 251 g/mol. The molecule has 0 aliphatic carbocycles. The van der Waals surface area contributed by atoms with Crippen LogP contribution in [0, 0.1) is 0 Å². The zero-order valence-electron chi connectivity index (χ0n) is 9.93. The molecule has 0 fully saturated rings. The number of carbonyl (C=O) groups is 2. The van der Waals surface area contributed by atoms with Gasteiger partial charge in [0.15, 0.2) is 0 Å². The highest BCUT2D eigenvalue weighted by Gasteiger charge is 2.19. The summed E-state index contributed by atoms with van der Waals surface area (Å²) in [5.74, 6) is -1.07. The fourth-order valence-corrected chi connectivity index (χ4v) is 1.44. The van der Waals surface area contributed by atoms with Crippen LogP contribution in [0.4, 0.5) is 4.79 Å². The summed E-state index contributed by atoms with van der Waals surface area (Å²) in [5.41, 5.74) is 6.08. The molecule has 98 valence electrons. The van der Waals surface area contributed by atoms with Crippen molar-refractivity contribution in [1.82, 2.24) is 10.6 Å². The van der Waals surface area contributed by atoms with Crippen molar-refractivity contribution in [2.45, 2.75) is 12.5 Å². The van der Waals surface area contributed by atoms with E-state index in [4.69, 9.17) is 10.8 Å². The number of carboxylic acid groups (broad SMARTS) is 1. The summed E-state index contributed by atoms with van der Waals surface area (Å²) in [6, 6.07) is 7.64. The molecule has 0 heterocycles. The number of benzene rings is 1. The molecular formula is C12H17N3O3. The van der Waals surface area contributed by atoms with Gasteiger partial charge in [-0.3, -0.25) is 0 Å². The highest BCUT2D eigenvalue weighted by molar-refractivity contribution is 5.82. The van der Waals surface area contributed by atoms with Crippen molar-refractivity contribution in [2.24, 2.45) is 5.73 Å². The second-order valence-electron chi connectivity index (χ2n) is 3.77. The molecule has 6 nitrogen and oxygen atoms in total. The van der Waals surface area contributed by atoms with E-state index in [1.165, 1.54) is 0 Å². The van der Waals surface area contributed by atoms with Gasteiger partial charge in [-0.1, -0.05) is 30.3 Å². The van der Waals surface area contributed by atoms with Crippen molar-refractivity contribution in [3.8, 4) is 0 Å². The van der Waals surface area contributed by atoms with Crippen LogP contribution in [0.15, 0.2) is 30.3 Å². The van der Waals surface area contributed by atoms with Gasteiger partial charge >= 0.3 is 12.0 Å². The molecule has 0 aliphatic rings. The standard InChI is InChI=1S/C12H17N3O3/c13-6-7-14-12(18)15-10(11(16)17)8-9-4-2-1-3-5-9/h1-5,10H,6-8,13H2,(H,16,17)(H2,14,15,18)/t10-/m1/s1. The second-order valence-corrected chi connectivity index (χ2v) is 3.77. The van der Waals surface area contributed by atoms with Crippen molar-refractivity contribution in [3.05, 3.63) is 35.9 Å². The lowest BCUT2D eigenvalue weighted by atomic mass is 10.1. The predicted molar refractivity (Wildman–Crippen MR) is 67.2 cm³/mol. The van der Waals surface area contributed by atoms with Crippen LogP contribution in [-0.4, -0.2) is 36.2 Å². The van der Waals surface area contributed by atoms with E-state index in [2.05, 4.69) is 10.6 Å². The number of hydrogen-bond acceptors (Lipinski definition) is 3. The monoisotopic (exact) mass is 251 g/mol. The van der Waals surface area contributed by atoms with E-state index < -0.39 is 18.0 Å². The first kappa shape index (κ1) is 14.0. The first-order valence-corrected chi connectivity index (χ1v) is 5.64. The summed E-state index contributed by atoms with van der Waals surface area (Å²) < 4.78 is 0. The van der Waals surface area contributed by atoms with Crippen molar-refractivity contribution >= 4 is 12.0 Å². The number of amides is 2. The number of hydrogen-bond donors (Lipinski definition) is 4. The van der Waals surface area contributed by atoms with Gasteiger partial charge in [0.05, 0.1) is 0 Å². The van der Waals surface area contributed by atoms with Gasteiger partial charge in [0.25, 0.3) is 0 Å². The van der Waals surface area contributed by atoms with E-state index >= 15 is 0 Å². The molecule has 1 aromatic rings. The van der Waals surface area contributed by atoms with E-state index in [1.807, 2.05) is 30.3 Å². The third kappa shape index (κ3) is 4.84. The van der Waals surface area contributed by atoms with Crippen LogP contribution in [0.2, 0.25) is 0 Å². The molecule has 0 saturated carbocycles. The summed E-state index contributed by atoms with van der Waals surface area (Å²) in [5, 5.41) is 13.9. The zero-order valence-corrected chi connectivity index (χ0v) is 9.93. The van der Waals surface area contributed by atoms with E-state index in [-0.39, 0.29) is 6.42 Å². The van der Waals surface area contributed by atoms with Crippen LogP contribution in [0.25, 0.3) is 0 Å². The highest BCUT2D eigenvalue weighted by Crippen LogP contribution is 2.03.